The van der Waals surface area contributed by atoms with Gasteiger partial charge in [0.05, 0.1) is 22.7 Å². The highest BCUT2D eigenvalue weighted by Gasteiger charge is 2.24. The van der Waals surface area contributed by atoms with Gasteiger partial charge in [0.25, 0.3) is 0 Å². The Balaban J connectivity index is 1.29. The van der Waals surface area contributed by atoms with Crippen LogP contribution in [0.2, 0.25) is 0 Å². The first-order chi connectivity index (χ1) is 28.7. The summed E-state index contributed by atoms with van der Waals surface area (Å²) in [6.07, 6.45) is 0. The summed E-state index contributed by atoms with van der Waals surface area (Å²) >= 11 is 0. The Labute approximate surface area is 347 Å². The zero-order valence-corrected chi connectivity index (χ0v) is 34.4. The van der Waals surface area contributed by atoms with E-state index < -0.39 is 0 Å². The molecule has 0 spiro atoms. The minimum Gasteiger partial charge on any atom is -0.309 e. The van der Waals surface area contributed by atoms with Crippen molar-refractivity contribution >= 4 is 88.0 Å². The highest BCUT2D eigenvalue weighted by molar-refractivity contribution is 6.25. The topological polar surface area (TPSA) is 6.48 Å². The molecule has 286 valence electrons. The fourth-order valence-corrected chi connectivity index (χ4v) is 9.02. The van der Waals surface area contributed by atoms with Crippen molar-refractivity contribution < 1.29 is 0 Å². The predicted molar refractivity (Wildman–Crippen MR) is 256 cm³/mol. The van der Waals surface area contributed by atoms with E-state index >= 15 is 0 Å². The molecule has 0 amide bonds. The Morgan fingerprint density at radius 2 is 0.712 bits per heavy atom. The Kier molecular flexibility index (Phi) is 8.95. The molecule has 0 atom stereocenters. The number of nitrogens with zero attached hydrogens (tertiary/aromatic N) is 2. The Morgan fingerprint density at radius 1 is 0.339 bits per heavy atom. The van der Waals surface area contributed by atoms with Crippen molar-refractivity contribution in [2.75, 3.05) is 9.80 Å². The van der Waals surface area contributed by atoms with Crippen LogP contribution in [0.25, 0.3) is 53.9 Å². The average Bonchev–Trinajstić information content (AvgIpc) is 3.27. The molecule has 10 rings (SSSR count). The fourth-order valence-electron chi connectivity index (χ4n) is 9.02. The number of fused-ring (bicyclic) bond motifs is 7. The number of hydrogen-bond donors (Lipinski definition) is 0. The third-order valence-electron chi connectivity index (χ3n) is 12.1. The molecule has 0 saturated heterocycles. The average molecular weight is 761 g/mol. The van der Waals surface area contributed by atoms with E-state index in [1.165, 1.54) is 65.0 Å². The zero-order chi connectivity index (χ0) is 40.3. The summed E-state index contributed by atoms with van der Waals surface area (Å²) in [5.41, 5.74) is 9.59. The molecule has 0 N–H and O–H groups in total. The first-order valence-corrected chi connectivity index (χ1v) is 20.9. The standard InChI is InChI=1S/C57H48N2/c1-38(2)39-28-32-43(33-29-39)58(53-26-14-18-40-16-6-8-20-45(40)53)55-36-51-48-23-11-13-25-50(48)56(37-52(51)47-22-10-12-24-49(47)55)59(44-34-30-42(31-35-44)57(3,4)5)54-27-15-19-41-17-7-9-21-46(41)54/h6-38H,1-5H3. The van der Waals surface area contributed by atoms with E-state index in [1.807, 2.05) is 0 Å². The first kappa shape index (κ1) is 36.4. The summed E-state index contributed by atoms with van der Waals surface area (Å²) in [6.45, 7) is 11.4. The van der Waals surface area contributed by atoms with Crippen LogP contribution >= 0.6 is 0 Å². The summed E-state index contributed by atoms with van der Waals surface area (Å²) in [5.74, 6) is 0.446. The van der Waals surface area contributed by atoms with Gasteiger partial charge in [-0.05, 0) is 103 Å². The van der Waals surface area contributed by atoms with Crippen LogP contribution < -0.4 is 9.80 Å². The molecule has 0 aromatic heterocycles. The van der Waals surface area contributed by atoms with Crippen molar-refractivity contribution in [3.63, 3.8) is 0 Å². The van der Waals surface area contributed by atoms with Gasteiger partial charge in [-0.2, -0.15) is 0 Å². The van der Waals surface area contributed by atoms with E-state index in [-0.39, 0.29) is 5.41 Å². The largest absolute Gasteiger partial charge is 0.309 e. The highest BCUT2D eigenvalue weighted by atomic mass is 15.2. The second kappa shape index (κ2) is 14.5. The third-order valence-corrected chi connectivity index (χ3v) is 12.1. The lowest BCUT2D eigenvalue weighted by Crippen LogP contribution is -2.14. The molecule has 10 aromatic carbocycles. The van der Waals surface area contributed by atoms with E-state index in [0.29, 0.717) is 5.92 Å². The third kappa shape index (κ3) is 6.37. The summed E-state index contributed by atoms with van der Waals surface area (Å²) in [4.78, 5) is 4.97. The molecule has 0 aliphatic carbocycles. The summed E-state index contributed by atoms with van der Waals surface area (Å²) in [5, 5.41) is 12.2. The SMILES string of the molecule is CC(C)c1ccc(N(c2cccc3ccccc23)c2cc3c4ccccc4c(N(c4ccc(C(C)(C)C)cc4)c4cccc5ccccc45)cc3c3ccccc23)cc1. The summed E-state index contributed by atoms with van der Waals surface area (Å²) in [7, 11) is 0. The molecule has 0 saturated carbocycles. The van der Waals surface area contributed by atoms with Crippen molar-refractivity contribution in [2.45, 2.75) is 46.0 Å². The predicted octanol–water partition coefficient (Wildman–Crippen LogP) is 16.8. The smallest absolute Gasteiger partial charge is 0.0546 e. The van der Waals surface area contributed by atoms with Gasteiger partial charge in [0.1, 0.15) is 0 Å². The van der Waals surface area contributed by atoms with Crippen molar-refractivity contribution in [3.8, 4) is 0 Å². The van der Waals surface area contributed by atoms with Gasteiger partial charge in [0.2, 0.25) is 0 Å². The molecule has 0 fully saturated rings. The second-order valence-corrected chi connectivity index (χ2v) is 17.2. The monoisotopic (exact) mass is 760 g/mol. The summed E-state index contributed by atoms with van der Waals surface area (Å²) in [6, 6.07) is 72.1. The van der Waals surface area contributed by atoms with Crippen LogP contribution in [0.15, 0.2) is 194 Å². The van der Waals surface area contributed by atoms with Crippen LogP contribution in [-0.2, 0) is 5.41 Å². The molecule has 0 unspecified atom stereocenters. The first-order valence-electron chi connectivity index (χ1n) is 20.9. The maximum atomic E-state index is 2.48. The Hall–Kier alpha value is -6.90. The minimum absolute atomic E-state index is 0.0471. The molecule has 2 heteroatoms. The minimum atomic E-state index is 0.0471. The van der Waals surface area contributed by atoms with Gasteiger partial charge in [-0.15, -0.1) is 0 Å². The van der Waals surface area contributed by atoms with Crippen LogP contribution in [0.3, 0.4) is 0 Å². The quantitative estimate of drug-likeness (QED) is 0.149. The van der Waals surface area contributed by atoms with Crippen molar-refractivity contribution in [3.05, 3.63) is 205 Å². The molecule has 0 aliphatic heterocycles. The molecule has 2 nitrogen and oxygen atoms in total. The van der Waals surface area contributed by atoms with Crippen molar-refractivity contribution in [2.24, 2.45) is 0 Å². The van der Waals surface area contributed by atoms with E-state index in [0.717, 1.165) is 34.1 Å². The van der Waals surface area contributed by atoms with Crippen molar-refractivity contribution in [1.29, 1.82) is 0 Å². The van der Waals surface area contributed by atoms with Crippen LogP contribution in [-0.4, -0.2) is 0 Å². The molecule has 10 aromatic rings. The van der Waals surface area contributed by atoms with Gasteiger partial charge in [-0.3, -0.25) is 0 Å². The normalized spacial score (nSPS) is 12.0. The Bertz CT molecular complexity index is 3160. The van der Waals surface area contributed by atoms with Gasteiger partial charge in [0, 0.05) is 32.9 Å². The molecule has 0 bridgehead atoms. The number of anilines is 6. The van der Waals surface area contributed by atoms with E-state index in [9.17, 15) is 0 Å². The van der Waals surface area contributed by atoms with E-state index in [4.69, 9.17) is 0 Å². The highest BCUT2D eigenvalue weighted by Crippen LogP contribution is 2.49. The fraction of sp³-hybridized carbons (Fsp3) is 0.123. The maximum absolute atomic E-state index is 2.48. The van der Waals surface area contributed by atoms with Crippen LogP contribution in [0, 0.1) is 0 Å². The van der Waals surface area contributed by atoms with Crippen LogP contribution in [0.4, 0.5) is 34.1 Å². The van der Waals surface area contributed by atoms with E-state index in [1.54, 1.807) is 0 Å². The lowest BCUT2D eigenvalue weighted by molar-refractivity contribution is 0.590. The van der Waals surface area contributed by atoms with Gasteiger partial charge in [-0.25, -0.2) is 0 Å². The lowest BCUT2D eigenvalue weighted by atomic mass is 9.87. The number of benzene rings is 10. The Morgan fingerprint density at radius 3 is 1.14 bits per heavy atom. The van der Waals surface area contributed by atoms with E-state index in [2.05, 4.69) is 239 Å². The van der Waals surface area contributed by atoms with Gasteiger partial charge < -0.3 is 9.80 Å². The van der Waals surface area contributed by atoms with Crippen molar-refractivity contribution in [1.82, 2.24) is 0 Å². The number of hydrogen-bond acceptors (Lipinski definition) is 2. The summed E-state index contributed by atoms with van der Waals surface area (Å²) < 4.78 is 0. The molecular formula is C57H48N2. The molecule has 0 aliphatic rings. The molecule has 0 radical (unpaired) electrons. The maximum Gasteiger partial charge on any atom is 0.0546 e. The van der Waals surface area contributed by atoms with Gasteiger partial charge in [-0.1, -0.05) is 180 Å². The lowest BCUT2D eigenvalue weighted by Gasteiger charge is -2.31. The van der Waals surface area contributed by atoms with Crippen LogP contribution in [0.1, 0.15) is 51.7 Å². The molecule has 59 heavy (non-hydrogen) atoms. The molecular weight excluding hydrogens is 713 g/mol. The number of rotatable bonds is 7. The zero-order valence-electron chi connectivity index (χ0n) is 34.4. The van der Waals surface area contributed by atoms with Crippen LogP contribution in [0.5, 0.6) is 0 Å². The molecule has 0 heterocycles. The van der Waals surface area contributed by atoms with Gasteiger partial charge in [0.15, 0.2) is 0 Å². The van der Waals surface area contributed by atoms with Gasteiger partial charge >= 0.3 is 0 Å². The second-order valence-electron chi connectivity index (χ2n) is 17.2.